The normalized spacial score (nSPS) is 18.9. The average molecular weight is 452 g/mol. The Morgan fingerprint density at radius 1 is 1.16 bits per heavy atom. The molecule has 0 saturated carbocycles. The van der Waals surface area contributed by atoms with Gasteiger partial charge in [-0.1, -0.05) is 60.7 Å². The molecular weight excluding hydrogens is 426 g/mol. The summed E-state index contributed by atoms with van der Waals surface area (Å²) in [5.41, 5.74) is 3.78. The van der Waals surface area contributed by atoms with E-state index in [9.17, 15) is 14.7 Å². The fraction of sp³-hybridized carbons (Fsp3) is 0.292. The highest BCUT2D eigenvalue weighted by atomic mass is 32.1. The van der Waals surface area contributed by atoms with Crippen molar-refractivity contribution in [2.75, 3.05) is 0 Å². The van der Waals surface area contributed by atoms with Crippen molar-refractivity contribution >= 4 is 23.5 Å². The van der Waals surface area contributed by atoms with Crippen LogP contribution in [0.1, 0.15) is 22.4 Å². The first-order chi connectivity index (χ1) is 15.6. The summed E-state index contributed by atoms with van der Waals surface area (Å²) in [5, 5.41) is 13.0. The standard InChI is InChI=1S/C24H25N3O4S/c28-23-26-19(11-17-7-3-1-4-8-17)13-22(31-23)21(12-18-9-5-2-6-10-18)27(24(29)30)15-20-14-25-16-32-20/h1-10,14,16,19,21-22H,11-13,15H2,(H,26,28)(H,29,30). The molecule has 8 heteroatoms. The number of carbonyl (C=O) groups excluding carboxylic acids is 1. The van der Waals surface area contributed by atoms with E-state index in [0.29, 0.717) is 19.3 Å². The molecule has 166 valence electrons. The number of nitrogens with one attached hydrogen (secondary N) is 1. The van der Waals surface area contributed by atoms with Crippen LogP contribution in [0.4, 0.5) is 9.59 Å². The summed E-state index contributed by atoms with van der Waals surface area (Å²) in [7, 11) is 0. The minimum atomic E-state index is -1.05. The number of aromatic nitrogens is 1. The Kier molecular flexibility index (Phi) is 7.01. The van der Waals surface area contributed by atoms with E-state index in [0.717, 1.165) is 16.0 Å². The van der Waals surface area contributed by atoms with Crippen molar-refractivity contribution in [1.29, 1.82) is 0 Å². The Labute approximate surface area is 190 Å². The molecule has 2 heterocycles. The number of alkyl carbamates (subject to hydrolysis) is 1. The first-order valence-electron chi connectivity index (χ1n) is 10.5. The van der Waals surface area contributed by atoms with Crippen molar-refractivity contribution in [3.05, 3.63) is 88.4 Å². The molecule has 2 aromatic carbocycles. The molecule has 1 aromatic heterocycles. The highest BCUT2D eigenvalue weighted by Crippen LogP contribution is 2.25. The lowest BCUT2D eigenvalue weighted by Crippen LogP contribution is -2.56. The molecule has 3 unspecified atom stereocenters. The summed E-state index contributed by atoms with van der Waals surface area (Å²) < 4.78 is 5.67. The monoisotopic (exact) mass is 451 g/mol. The third kappa shape index (κ3) is 5.64. The quantitative estimate of drug-likeness (QED) is 0.531. The van der Waals surface area contributed by atoms with E-state index in [1.165, 1.54) is 16.2 Å². The fourth-order valence-electron chi connectivity index (χ4n) is 4.11. The van der Waals surface area contributed by atoms with Crippen LogP contribution in [0.3, 0.4) is 0 Å². The molecule has 2 amide bonds. The number of carbonyl (C=O) groups is 2. The summed E-state index contributed by atoms with van der Waals surface area (Å²) in [4.78, 5) is 31.0. The Balaban J connectivity index is 1.59. The minimum absolute atomic E-state index is 0.138. The number of ether oxygens (including phenoxy) is 1. The molecule has 0 aliphatic carbocycles. The molecule has 4 rings (SSSR count). The number of hydrogen-bond donors (Lipinski definition) is 2. The number of amides is 2. The molecule has 1 saturated heterocycles. The average Bonchev–Trinajstić information content (AvgIpc) is 3.30. The summed E-state index contributed by atoms with van der Waals surface area (Å²) in [5.74, 6) is 0. The lowest BCUT2D eigenvalue weighted by Gasteiger charge is -2.39. The lowest BCUT2D eigenvalue weighted by atomic mass is 9.91. The maximum Gasteiger partial charge on any atom is 0.408 e. The highest BCUT2D eigenvalue weighted by Gasteiger charge is 2.38. The smallest absolute Gasteiger partial charge is 0.408 e. The molecular formula is C24H25N3O4S. The third-order valence-electron chi connectivity index (χ3n) is 5.59. The van der Waals surface area contributed by atoms with Gasteiger partial charge in [0, 0.05) is 23.5 Å². The van der Waals surface area contributed by atoms with Crippen molar-refractivity contribution in [1.82, 2.24) is 15.2 Å². The predicted octanol–water partition coefficient (Wildman–Crippen LogP) is 4.34. The Hall–Kier alpha value is -3.39. The van der Waals surface area contributed by atoms with Crippen LogP contribution in [-0.4, -0.2) is 45.4 Å². The number of cyclic esters (lactones) is 1. The zero-order chi connectivity index (χ0) is 22.3. The van der Waals surface area contributed by atoms with Gasteiger partial charge in [0.1, 0.15) is 6.10 Å². The van der Waals surface area contributed by atoms with Gasteiger partial charge >= 0.3 is 12.2 Å². The van der Waals surface area contributed by atoms with E-state index in [1.54, 1.807) is 11.7 Å². The molecule has 1 aliphatic rings. The van der Waals surface area contributed by atoms with Gasteiger partial charge in [-0.15, -0.1) is 11.3 Å². The van der Waals surface area contributed by atoms with Gasteiger partial charge in [0.25, 0.3) is 0 Å². The SMILES string of the molecule is O=C1NC(Cc2ccccc2)CC(C(Cc2ccccc2)N(Cc2cncs2)C(=O)O)O1. The maximum absolute atomic E-state index is 12.4. The Morgan fingerprint density at radius 2 is 1.84 bits per heavy atom. The van der Waals surface area contributed by atoms with Crippen molar-refractivity contribution < 1.29 is 19.4 Å². The maximum atomic E-state index is 12.4. The van der Waals surface area contributed by atoms with Crippen LogP contribution < -0.4 is 5.32 Å². The first kappa shape index (κ1) is 21.8. The van der Waals surface area contributed by atoms with Crippen molar-refractivity contribution in [3.63, 3.8) is 0 Å². The number of benzene rings is 2. The van der Waals surface area contributed by atoms with Crippen molar-refractivity contribution in [2.45, 2.75) is 44.0 Å². The van der Waals surface area contributed by atoms with Crippen LogP contribution in [0.15, 0.2) is 72.4 Å². The van der Waals surface area contributed by atoms with Crippen LogP contribution >= 0.6 is 11.3 Å². The van der Waals surface area contributed by atoms with E-state index in [-0.39, 0.29) is 12.6 Å². The molecule has 7 nitrogen and oxygen atoms in total. The largest absolute Gasteiger partial charge is 0.465 e. The number of hydrogen-bond acceptors (Lipinski definition) is 5. The fourth-order valence-corrected chi connectivity index (χ4v) is 4.70. The van der Waals surface area contributed by atoms with Gasteiger partial charge in [0.2, 0.25) is 0 Å². The third-order valence-corrected chi connectivity index (χ3v) is 6.36. The molecule has 3 atom stereocenters. The molecule has 0 spiro atoms. The van der Waals surface area contributed by atoms with Gasteiger partial charge in [-0.2, -0.15) is 0 Å². The number of nitrogens with zero attached hydrogens (tertiary/aromatic N) is 2. The Morgan fingerprint density at radius 3 is 2.47 bits per heavy atom. The molecule has 2 N–H and O–H groups in total. The highest BCUT2D eigenvalue weighted by molar-refractivity contribution is 7.09. The second-order valence-electron chi connectivity index (χ2n) is 7.85. The predicted molar refractivity (Wildman–Crippen MR) is 122 cm³/mol. The van der Waals surface area contributed by atoms with Crippen molar-refractivity contribution in [2.24, 2.45) is 0 Å². The summed E-state index contributed by atoms with van der Waals surface area (Å²) in [6.07, 6.45) is 1.17. The summed E-state index contributed by atoms with van der Waals surface area (Å²) in [6.45, 7) is 0.197. The Bertz CT molecular complexity index is 1010. The van der Waals surface area contributed by atoms with Gasteiger partial charge < -0.3 is 15.2 Å². The number of rotatable bonds is 8. The topological polar surface area (TPSA) is 91.8 Å². The van der Waals surface area contributed by atoms with Gasteiger partial charge in [-0.25, -0.2) is 9.59 Å². The van der Waals surface area contributed by atoms with E-state index in [1.807, 2.05) is 60.7 Å². The van der Waals surface area contributed by atoms with E-state index in [2.05, 4.69) is 10.3 Å². The van der Waals surface area contributed by atoms with Gasteiger partial charge in [0.05, 0.1) is 18.1 Å². The van der Waals surface area contributed by atoms with Gasteiger partial charge in [-0.05, 0) is 24.0 Å². The van der Waals surface area contributed by atoms with Crippen LogP contribution in [0.5, 0.6) is 0 Å². The minimum Gasteiger partial charge on any atom is -0.465 e. The zero-order valence-corrected chi connectivity index (χ0v) is 18.3. The summed E-state index contributed by atoms with van der Waals surface area (Å²) >= 11 is 1.41. The number of carboxylic acid groups (broad SMARTS) is 1. The van der Waals surface area contributed by atoms with Crippen LogP contribution in [0.2, 0.25) is 0 Å². The molecule has 1 aliphatic heterocycles. The van der Waals surface area contributed by atoms with Gasteiger partial charge in [0.15, 0.2) is 0 Å². The molecule has 0 radical (unpaired) electrons. The molecule has 0 bridgehead atoms. The molecule has 1 fully saturated rings. The van der Waals surface area contributed by atoms with Gasteiger partial charge in [-0.3, -0.25) is 9.88 Å². The zero-order valence-electron chi connectivity index (χ0n) is 17.5. The van der Waals surface area contributed by atoms with E-state index >= 15 is 0 Å². The number of thiazole rings is 1. The lowest BCUT2D eigenvalue weighted by molar-refractivity contribution is -0.000446. The van der Waals surface area contributed by atoms with Crippen LogP contribution in [0, 0.1) is 0 Å². The molecule has 32 heavy (non-hydrogen) atoms. The second-order valence-corrected chi connectivity index (χ2v) is 8.82. The van der Waals surface area contributed by atoms with Crippen LogP contribution in [-0.2, 0) is 24.1 Å². The second kappa shape index (κ2) is 10.3. The van der Waals surface area contributed by atoms with Crippen LogP contribution in [0.25, 0.3) is 0 Å². The molecule has 3 aromatic rings. The first-order valence-corrected chi connectivity index (χ1v) is 11.4. The summed E-state index contributed by atoms with van der Waals surface area (Å²) in [6, 6.07) is 19.0. The van der Waals surface area contributed by atoms with Crippen molar-refractivity contribution in [3.8, 4) is 0 Å². The van der Waals surface area contributed by atoms with E-state index in [4.69, 9.17) is 4.74 Å². The van der Waals surface area contributed by atoms with E-state index < -0.39 is 24.3 Å².